The van der Waals surface area contributed by atoms with Gasteiger partial charge in [-0.2, -0.15) is 13.2 Å². The van der Waals surface area contributed by atoms with Crippen molar-refractivity contribution >= 4 is 5.97 Å². The quantitative estimate of drug-likeness (QED) is 0.868. The van der Waals surface area contributed by atoms with Crippen molar-refractivity contribution < 1.29 is 23.1 Å². The zero-order valence-corrected chi connectivity index (χ0v) is 9.08. The lowest BCUT2D eigenvalue weighted by Gasteiger charge is -2.12. The summed E-state index contributed by atoms with van der Waals surface area (Å²) in [4.78, 5) is 10.8. The van der Waals surface area contributed by atoms with Crippen LogP contribution in [0.15, 0.2) is 24.3 Å². The maximum absolute atomic E-state index is 12.3. The number of rotatable bonds is 2. The number of carbonyl (C=O) groups is 1. The Kier molecular flexibility index (Phi) is 2.45. The molecular weight excluding hydrogens is 233 g/mol. The normalized spacial score (nSPS) is 27.9. The molecule has 0 spiro atoms. The van der Waals surface area contributed by atoms with Crippen molar-refractivity contribution in [2.45, 2.75) is 24.9 Å². The number of carboxylic acid groups (broad SMARTS) is 1. The van der Waals surface area contributed by atoms with E-state index in [-0.39, 0.29) is 0 Å². The fraction of sp³-hybridized carbons (Fsp3) is 0.417. The van der Waals surface area contributed by atoms with Gasteiger partial charge in [0.05, 0.1) is 11.5 Å². The topological polar surface area (TPSA) is 37.3 Å². The van der Waals surface area contributed by atoms with E-state index in [9.17, 15) is 18.0 Å². The average Bonchev–Trinajstić information content (AvgIpc) is 2.92. The SMILES string of the molecule is CC1(c2ccc(C(F)(F)F)cc2)C[C@H]1C(=O)O. The molecule has 0 amide bonds. The van der Waals surface area contributed by atoms with Crippen LogP contribution in [0, 0.1) is 5.92 Å². The molecule has 2 nitrogen and oxygen atoms in total. The van der Waals surface area contributed by atoms with Crippen molar-refractivity contribution in [3.63, 3.8) is 0 Å². The van der Waals surface area contributed by atoms with E-state index in [1.807, 2.05) is 0 Å². The molecule has 92 valence electrons. The Balaban J connectivity index is 2.23. The van der Waals surface area contributed by atoms with Gasteiger partial charge in [0, 0.05) is 5.41 Å². The van der Waals surface area contributed by atoms with E-state index in [1.165, 1.54) is 12.1 Å². The Morgan fingerprint density at radius 3 is 2.24 bits per heavy atom. The van der Waals surface area contributed by atoms with Crippen LogP contribution in [-0.2, 0) is 16.4 Å². The standard InChI is InChI=1S/C12H11F3O2/c1-11(6-9(11)10(16)17)7-2-4-8(5-3-7)12(13,14)15/h2-5,9H,6H2,1H3,(H,16,17)/t9-,11?/m0/s1. The van der Waals surface area contributed by atoms with Gasteiger partial charge in [-0.05, 0) is 24.1 Å². The van der Waals surface area contributed by atoms with Gasteiger partial charge in [0.15, 0.2) is 0 Å². The summed E-state index contributed by atoms with van der Waals surface area (Å²) in [6.45, 7) is 1.76. The number of hydrogen-bond donors (Lipinski definition) is 1. The van der Waals surface area contributed by atoms with Crippen LogP contribution in [0.25, 0.3) is 0 Å². The van der Waals surface area contributed by atoms with Crippen molar-refractivity contribution in [3.8, 4) is 0 Å². The van der Waals surface area contributed by atoms with Crippen LogP contribution < -0.4 is 0 Å². The molecule has 1 aromatic carbocycles. The molecule has 0 saturated heterocycles. The van der Waals surface area contributed by atoms with E-state index in [0.717, 1.165) is 12.1 Å². The molecule has 2 rings (SSSR count). The first-order valence-electron chi connectivity index (χ1n) is 5.16. The number of hydrogen-bond acceptors (Lipinski definition) is 1. The molecular formula is C12H11F3O2. The fourth-order valence-electron chi connectivity index (χ4n) is 2.08. The molecule has 0 radical (unpaired) electrons. The summed E-state index contributed by atoms with van der Waals surface area (Å²) < 4.78 is 37.0. The molecule has 5 heteroatoms. The molecule has 1 fully saturated rings. The highest BCUT2D eigenvalue weighted by Crippen LogP contribution is 2.54. The summed E-state index contributed by atoms with van der Waals surface area (Å²) in [5, 5.41) is 8.85. The third kappa shape index (κ3) is 2.01. The molecule has 1 aromatic rings. The highest BCUT2D eigenvalue weighted by atomic mass is 19.4. The lowest BCUT2D eigenvalue weighted by Crippen LogP contribution is -2.12. The molecule has 1 unspecified atom stereocenters. The van der Waals surface area contributed by atoms with Crippen molar-refractivity contribution in [1.29, 1.82) is 0 Å². The van der Waals surface area contributed by atoms with E-state index in [0.29, 0.717) is 12.0 Å². The van der Waals surface area contributed by atoms with Crippen LogP contribution in [0.3, 0.4) is 0 Å². The van der Waals surface area contributed by atoms with Gasteiger partial charge in [0.2, 0.25) is 0 Å². The summed E-state index contributed by atoms with van der Waals surface area (Å²) in [6.07, 6.45) is -3.87. The van der Waals surface area contributed by atoms with E-state index >= 15 is 0 Å². The van der Waals surface area contributed by atoms with Crippen molar-refractivity contribution in [2.75, 3.05) is 0 Å². The van der Waals surface area contributed by atoms with Gasteiger partial charge in [0.1, 0.15) is 0 Å². The summed E-state index contributed by atoms with van der Waals surface area (Å²) >= 11 is 0. The summed E-state index contributed by atoms with van der Waals surface area (Å²) in [7, 11) is 0. The van der Waals surface area contributed by atoms with Crippen molar-refractivity contribution in [3.05, 3.63) is 35.4 Å². The zero-order chi connectivity index (χ0) is 12.8. The number of alkyl halides is 3. The van der Waals surface area contributed by atoms with Crippen LogP contribution in [0.1, 0.15) is 24.5 Å². The van der Waals surface area contributed by atoms with Gasteiger partial charge in [-0.3, -0.25) is 4.79 Å². The Morgan fingerprint density at radius 2 is 1.88 bits per heavy atom. The summed E-state index contributed by atoms with van der Waals surface area (Å²) in [5.41, 5.74) is -0.578. The monoisotopic (exact) mass is 244 g/mol. The summed E-state index contributed by atoms with van der Waals surface area (Å²) in [5.74, 6) is -1.38. The second-order valence-electron chi connectivity index (χ2n) is 4.59. The van der Waals surface area contributed by atoms with Crippen molar-refractivity contribution in [2.24, 2.45) is 5.92 Å². The number of aliphatic carboxylic acids is 1. The molecule has 1 saturated carbocycles. The highest BCUT2D eigenvalue weighted by molar-refractivity contribution is 5.77. The first-order chi connectivity index (χ1) is 7.75. The molecule has 0 aliphatic heterocycles. The van der Waals surface area contributed by atoms with E-state index in [4.69, 9.17) is 5.11 Å². The van der Waals surface area contributed by atoms with Gasteiger partial charge < -0.3 is 5.11 Å². The second kappa shape index (κ2) is 3.48. The number of halogens is 3. The van der Waals surface area contributed by atoms with E-state index in [1.54, 1.807) is 6.92 Å². The fourth-order valence-corrected chi connectivity index (χ4v) is 2.08. The van der Waals surface area contributed by atoms with Crippen LogP contribution in [-0.4, -0.2) is 11.1 Å². The van der Waals surface area contributed by atoms with Gasteiger partial charge in [-0.25, -0.2) is 0 Å². The van der Waals surface area contributed by atoms with E-state index in [2.05, 4.69) is 0 Å². The lowest BCUT2D eigenvalue weighted by atomic mass is 9.94. The maximum Gasteiger partial charge on any atom is 0.416 e. The Morgan fingerprint density at radius 1 is 1.35 bits per heavy atom. The Bertz CT molecular complexity index is 450. The van der Waals surface area contributed by atoms with Gasteiger partial charge >= 0.3 is 12.1 Å². The minimum Gasteiger partial charge on any atom is -0.481 e. The molecule has 1 aliphatic rings. The molecule has 1 aliphatic carbocycles. The van der Waals surface area contributed by atoms with Crippen LogP contribution in [0.2, 0.25) is 0 Å². The van der Waals surface area contributed by atoms with Crippen molar-refractivity contribution in [1.82, 2.24) is 0 Å². The average molecular weight is 244 g/mol. The molecule has 17 heavy (non-hydrogen) atoms. The van der Waals surface area contributed by atoms with Gasteiger partial charge in [-0.1, -0.05) is 19.1 Å². The maximum atomic E-state index is 12.3. The first kappa shape index (κ1) is 12.0. The second-order valence-corrected chi connectivity index (χ2v) is 4.59. The lowest BCUT2D eigenvalue weighted by molar-refractivity contribution is -0.139. The van der Waals surface area contributed by atoms with Gasteiger partial charge in [0.25, 0.3) is 0 Å². The Labute approximate surface area is 96.1 Å². The molecule has 1 N–H and O–H groups in total. The molecule has 0 bridgehead atoms. The Hall–Kier alpha value is -1.52. The molecule has 2 atom stereocenters. The largest absolute Gasteiger partial charge is 0.481 e. The van der Waals surface area contributed by atoms with Crippen LogP contribution >= 0.6 is 0 Å². The van der Waals surface area contributed by atoms with Crippen LogP contribution in [0.4, 0.5) is 13.2 Å². The first-order valence-corrected chi connectivity index (χ1v) is 5.16. The molecule has 0 aromatic heterocycles. The zero-order valence-electron chi connectivity index (χ0n) is 9.08. The summed E-state index contributed by atoms with van der Waals surface area (Å²) in [6, 6.07) is 4.73. The van der Waals surface area contributed by atoms with E-state index < -0.39 is 29.0 Å². The highest BCUT2D eigenvalue weighted by Gasteiger charge is 2.55. The van der Waals surface area contributed by atoms with Gasteiger partial charge in [-0.15, -0.1) is 0 Å². The smallest absolute Gasteiger partial charge is 0.416 e. The minimum atomic E-state index is -4.35. The third-order valence-electron chi connectivity index (χ3n) is 3.41. The third-order valence-corrected chi connectivity index (χ3v) is 3.41. The minimum absolute atomic E-state index is 0.480. The predicted octanol–water partition coefficient (Wildman–Crippen LogP) is 3.07. The predicted molar refractivity (Wildman–Crippen MR) is 54.5 cm³/mol. The number of carboxylic acids is 1. The molecule has 0 heterocycles. The number of benzene rings is 1. The van der Waals surface area contributed by atoms with Crippen LogP contribution in [0.5, 0.6) is 0 Å².